The monoisotopic (exact) mass is 348 g/mol. The Morgan fingerprint density at radius 2 is 2.00 bits per heavy atom. The molecule has 0 aliphatic heterocycles. The smallest absolute Gasteiger partial charge is 0.271 e. The molecular formula is C11H7F3N4O2S2. The number of benzene rings is 1. The van der Waals surface area contributed by atoms with Gasteiger partial charge < -0.3 is 0 Å². The number of nitrogens with one attached hydrogen (secondary N) is 1. The molecule has 0 unspecified atom stereocenters. The highest BCUT2D eigenvalue weighted by Gasteiger charge is 2.48. The molecule has 1 rings (SSSR count). The van der Waals surface area contributed by atoms with Crippen LogP contribution in [0, 0.1) is 22.8 Å². The van der Waals surface area contributed by atoms with Crippen molar-refractivity contribution in [1.29, 1.82) is 10.5 Å². The second-order valence-electron chi connectivity index (χ2n) is 3.60. The van der Waals surface area contributed by atoms with E-state index in [4.69, 9.17) is 10.5 Å². The van der Waals surface area contributed by atoms with Crippen LogP contribution < -0.4 is 5.32 Å². The van der Waals surface area contributed by atoms with Crippen LogP contribution in [0.3, 0.4) is 0 Å². The zero-order valence-electron chi connectivity index (χ0n) is 10.8. The average Bonchev–Trinajstić information content (AvgIpc) is 2.45. The van der Waals surface area contributed by atoms with E-state index < -0.39 is 25.8 Å². The molecule has 0 aromatic heterocycles. The molecule has 0 radical (unpaired) electrons. The number of alkyl halides is 3. The van der Waals surface area contributed by atoms with E-state index in [1.54, 1.807) is 12.4 Å². The van der Waals surface area contributed by atoms with Crippen molar-refractivity contribution in [2.45, 2.75) is 10.4 Å². The molecule has 1 aromatic rings. The maximum Gasteiger partial charge on any atom is 0.501 e. The second-order valence-corrected chi connectivity index (χ2v) is 6.30. The van der Waals surface area contributed by atoms with E-state index in [1.807, 2.05) is 0 Å². The van der Waals surface area contributed by atoms with Gasteiger partial charge in [-0.2, -0.15) is 23.7 Å². The highest BCUT2D eigenvalue weighted by atomic mass is 32.2. The Morgan fingerprint density at radius 3 is 2.45 bits per heavy atom. The van der Waals surface area contributed by atoms with Crippen LogP contribution in [-0.2, 0) is 9.84 Å². The molecule has 22 heavy (non-hydrogen) atoms. The number of aliphatic imine (C=N–C) groups is 1. The van der Waals surface area contributed by atoms with E-state index >= 15 is 0 Å². The number of nitrogens with zero attached hydrogens (tertiary/aromatic N) is 3. The molecule has 0 aliphatic carbocycles. The van der Waals surface area contributed by atoms with E-state index in [2.05, 4.69) is 10.3 Å². The zero-order valence-corrected chi connectivity index (χ0v) is 12.5. The number of nitriles is 2. The van der Waals surface area contributed by atoms with Gasteiger partial charge in [-0.05, 0) is 24.5 Å². The van der Waals surface area contributed by atoms with Gasteiger partial charge in [-0.15, -0.1) is 0 Å². The van der Waals surface area contributed by atoms with Gasteiger partial charge in [0.25, 0.3) is 9.84 Å². The predicted molar refractivity (Wildman–Crippen MR) is 73.8 cm³/mol. The largest absolute Gasteiger partial charge is 0.501 e. The van der Waals surface area contributed by atoms with E-state index in [9.17, 15) is 21.6 Å². The Hall–Kier alpha value is -2.24. The first kappa shape index (κ1) is 17.8. The summed E-state index contributed by atoms with van der Waals surface area (Å²) >= 11 is 0.998. The first-order chi connectivity index (χ1) is 10.2. The lowest BCUT2D eigenvalue weighted by Gasteiger charge is -2.10. The molecule has 0 aliphatic rings. The normalized spacial score (nSPS) is 12.4. The van der Waals surface area contributed by atoms with Crippen LogP contribution in [0.2, 0.25) is 0 Å². The van der Waals surface area contributed by atoms with Crippen molar-refractivity contribution in [2.75, 3.05) is 6.26 Å². The highest BCUT2D eigenvalue weighted by Crippen LogP contribution is 2.34. The number of rotatable bonds is 2. The van der Waals surface area contributed by atoms with Gasteiger partial charge in [0.1, 0.15) is 6.07 Å². The van der Waals surface area contributed by atoms with Crippen molar-refractivity contribution in [3.8, 4) is 12.3 Å². The Labute approximate surface area is 128 Å². The summed E-state index contributed by atoms with van der Waals surface area (Å²) in [5, 5.41) is 19.5. The third-order valence-electron chi connectivity index (χ3n) is 2.27. The summed E-state index contributed by atoms with van der Waals surface area (Å²) in [6.07, 6.45) is 3.13. The summed E-state index contributed by atoms with van der Waals surface area (Å²) in [5.41, 5.74) is -6.32. The third kappa shape index (κ3) is 3.69. The van der Waals surface area contributed by atoms with Crippen LogP contribution >= 0.6 is 11.8 Å². The molecule has 11 heteroatoms. The molecule has 6 nitrogen and oxygen atoms in total. The van der Waals surface area contributed by atoms with Crippen molar-refractivity contribution >= 4 is 32.5 Å². The average molecular weight is 348 g/mol. The molecule has 1 aromatic carbocycles. The Balaban J connectivity index is 3.52. The van der Waals surface area contributed by atoms with Crippen LogP contribution in [0.4, 0.5) is 18.9 Å². The lowest BCUT2D eigenvalue weighted by molar-refractivity contribution is -0.0436. The number of thioether (sulfide) groups is 1. The van der Waals surface area contributed by atoms with E-state index in [-0.39, 0.29) is 10.9 Å². The van der Waals surface area contributed by atoms with Crippen molar-refractivity contribution in [1.82, 2.24) is 5.32 Å². The molecule has 0 amide bonds. The molecule has 0 atom stereocenters. The van der Waals surface area contributed by atoms with Crippen LogP contribution in [0.25, 0.3) is 0 Å². The summed E-state index contributed by atoms with van der Waals surface area (Å²) in [5.74, 6) is 0. The number of halogens is 3. The summed E-state index contributed by atoms with van der Waals surface area (Å²) in [7, 11) is -5.68. The SMILES string of the molecule is CSC(=Nc1ccc(C#N)c(S(=O)(=O)C(F)(F)F)c1)NC#N. The first-order valence-corrected chi connectivity index (χ1v) is 8.01. The number of sulfone groups is 1. The molecule has 1 N–H and O–H groups in total. The number of hydrogen-bond donors (Lipinski definition) is 1. The molecule has 116 valence electrons. The standard InChI is InChI=1S/C11H7F3N4O2S2/c1-21-10(17-6-16)18-8-3-2-7(5-15)9(4-8)22(19,20)11(12,13)14/h2-4H,1H3,(H,17,18). The van der Waals surface area contributed by atoms with Crippen molar-refractivity contribution in [2.24, 2.45) is 4.99 Å². The molecule has 0 spiro atoms. The zero-order chi connectivity index (χ0) is 17.0. The summed E-state index contributed by atoms with van der Waals surface area (Å²) < 4.78 is 60.8. The fourth-order valence-electron chi connectivity index (χ4n) is 1.31. The van der Waals surface area contributed by atoms with Gasteiger partial charge in [-0.1, -0.05) is 11.8 Å². The van der Waals surface area contributed by atoms with Crippen LogP contribution in [0.5, 0.6) is 0 Å². The van der Waals surface area contributed by atoms with Crippen molar-refractivity contribution in [3.63, 3.8) is 0 Å². The lowest BCUT2D eigenvalue weighted by Crippen LogP contribution is -2.24. The summed E-state index contributed by atoms with van der Waals surface area (Å²) in [4.78, 5) is 2.62. The predicted octanol–water partition coefficient (Wildman–Crippen LogP) is 2.27. The maximum absolute atomic E-state index is 12.6. The van der Waals surface area contributed by atoms with Gasteiger partial charge in [-0.3, -0.25) is 5.32 Å². The summed E-state index contributed by atoms with van der Waals surface area (Å²) in [6, 6.07) is 4.12. The van der Waals surface area contributed by atoms with Gasteiger partial charge in [-0.25, -0.2) is 13.4 Å². The summed E-state index contributed by atoms with van der Waals surface area (Å²) in [6.45, 7) is 0. The second kappa shape index (κ2) is 6.68. The van der Waals surface area contributed by atoms with Crippen LogP contribution in [0.1, 0.15) is 5.56 Å². The fourth-order valence-corrected chi connectivity index (χ4v) is 2.58. The minimum Gasteiger partial charge on any atom is -0.271 e. The fraction of sp³-hybridized carbons (Fsp3) is 0.182. The molecule has 0 heterocycles. The number of amidine groups is 1. The van der Waals surface area contributed by atoms with Gasteiger partial charge in [0, 0.05) is 0 Å². The molecule has 0 fully saturated rings. The van der Waals surface area contributed by atoms with E-state index in [0.29, 0.717) is 6.07 Å². The Morgan fingerprint density at radius 1 is 1.36 bits per heavy atom. The van der Waals surface area contributed by atoms with E-state index in [1.165, 1.54) is 12.1 Å². The topological polar surface area (TPSA) is 106 Å². The number of hydrogen-bond acceptors (Lipinski definition) is 6. The Kier molecular flexibility index (Phi) is 5.41. The molecule has 0 saturated heterocycles. The minimum absolute atomic E-state index is 0.0579. The quantitative estimate of drug-likeness (QED) is 0.380. The van der Waals surface area contributed by atoms with Crippen molar-refractivity contribution < 1.29 is 21.6 Å². The minimum atomic E-state index is -5.68. The van der Waals surface area contributed by atoms with Crippen LogP contribution in [0.15, 0.2) is 28.1 Å². The Bertz CT molecular complexity index is 789. The van der Waals surface area contributed by atoms with Gasteiger partial charge in [0.2, 0.25) is 0 Å². The van der Waals surface area contributed by atoms with Gasteiger partial charge in [0.05, 0.1) is 16.1 Å². The molecular weight excluding hydrogens is 341 g/mol. The highest BCUT2D eigenvalue weighted by molar-refractivity contribution is 8.13. The van der Waals surface area contributed by atoms with Gasteiger partial charge in [0.15, 0.2) is 11.4 Å². The van der Waals surface area contributed by atoms with Crippen molar-refractivity contribution in [3.05, 3.63) is 23.8 Å². The lowest BCUT2D eigenvalue weighted by atomic mass is 10.2. The van der Waals surface area contributed by atoms with Crippen LogP contribution in [-0.4, -0.2) is 25.3 Å². The van der Waals surface area contributed by atoms with E-state index in [0.717, 1.165) is 17.8 Å². The first-order valence-electron chi connectivity index (χ1n) is 5.30. The van der Waals surface area contributed by atoms with Gasteiger partial charge >= 0.3 is 5.51 Å². The molecule has 0 bridgehead atoms. The maximum atomic E-state index is 12.6. The molecule has 0 saturated carbocycles. The third-order valence-corrected chi connectivity index (χ3v) is 4.37.